The first-order chi connectivity index (χ1) is 13.6. The number of hydrogen-bond donors (Lipinski definition) is 0. The van der Waals surface area contributed by atoms with E-state index in [4.69, 9.17) is 0 Å². The van der Waals surface area contributed by atoms with Crippen molar-refractivity contribution >= 4 is 11.6 Å². The molecule has 0 aliphatic rings. The van der Waals surface area contributed by atoms with Crippen LogP contribution in [0.15, 0.2) is 72.9 Å². The number of hydrogen-bond acceptors (Lipinski definition) is 0. The van der Waals surface area contributed by atoms with Crippen LogP contribution in [-0.4, -0.2) is 0 Å². The predicted octanol–water partition coefficient (Wildman–Crippen LogP) is 9.13. The molecule has 0 heterocycles. The average Bonchev–Trinajstić information content (AvgIpc) is 2.67. The Hall–Kier alpha value is -2.60. The maximum Gasteiger partial charge on any atom is -0.00698 e. The number of benzene rings is 2. The van der Waals surface area contributed by atoms with Crippen LogP contribution in [0.4, 0.5) is 0 Å². The van der Waals surface area contributed by atoms with Gasteiger partial charge < -0.3 is 0 Å². The smallest absolute Gasteiger partial charge is 0.00698 e. The third-order valence-electron chi connectivity index (χ3n) is 5.45. The fraction of sp³-hybridized carbons (Fsp3) is 0.310. The Kier molecular flexibility index (Phi) is 7.62. The van der Waals surface area contributed by atoms with Crippen LogP contribution in [0.25, 0.3) is 22.8 Å². The Balaban J connectivity index is 2.59. The molecule has 0 heteroatoms. The molecule has 0 amide bonds. The van der Waals surface area contributed by atoms with Gasteiger partial charge in [-0.15, -0.1) is 0 Å². The van der Waals surface area contributed by atoms with E-state index in [1.165, 1.54) is 50.1 Å². The van der Waals surface area contributed by atoms with Crippen LogP contribution in [-0.2, 0) is 0 Å². The van der Waals surface area contributed by atoms with Gasteiger partial charge in [0.15, 0.2) is 0 Å². The molecule has 0 nitrogen and oxygen atoms in total. The van der Waals surface area contributed by atoms with Crippen molar-refractivity contribution in [1.82, 2.24) is 0 Å². The second-order valence-corrected chi connectivity index (χ2v) is 8.57. The van der Waals surface area contributed by atoms with Crippen LogP contribution in [0.2, 0.25) is 0 Å². The van der Waals surface area contributed by atoms with Gasteiger partial charge in [0, 0.05) is 0 Å². The van der Waals surface area contributed by atoms with Crippen molar-refractivity contribution < 1.29 is 0 Å². The highest BCUT2D eigenvalue weighted by molar-refractivity contribution is 5.75. The molecule has 2 aromatic carbocycles. The normalized spacial score (nSPS) is 11.6. The summed E-state index contributed by atoms with van der Waals surface area (Å²) in [6, 6.07) is 13.5. The molecule has 0 aromatic heterocycles. The summed E-state index contributed by atoms with van der Waals surface area (Å²) in [5.41, 5.74) is 12.5. The maximum atomic E-state index is 4.28. The van der Waals surface area contributed by atoms with E-state index in [0.717, 1.165) is 18.4 Å². The summed E-state index contributed by atoms with van der Waals surface area (Å²) in [6.45, 7) is 25.5. The van der Waals surface area contributed by atoms with Crippen molar-refractivity contribution in [2.24, 2.45) is 0 Å². The van der Waals surface area contributed by atoms with Crippen LogP contribution < -0.4 is 0 Å². The minimum absolute atomic E-state index is 0.442. The van der Waals surface area contributed by atoms with Gasteiger partial charge in [0.25, 0.3) is 0 Å². The van der Waals surface area contributed by atoms with Crippen LogP contribution in [0.1, 0.15) is 75.6 Å². The van der Waals surface area contributed by atoms with Gasteiger partial charge in [-0.1, -0.05) is 99.7 Å². The van der Waals surface area contributed by atoms with Crippen molar-refractivity contribution in [3.8, 4) is 11.1 Å². The summed E-state index contributed by atoms with van der Waals surface area (Å²) in [7, 11) is 0. The molecular weight excluding hydrogens is 348 g/mol. The van der Waals surface area contributed by atoms with Crippen LogP contribution >= 0.6 is 0 Å². The second-order valence-electron chi connectivity index (χ2n) is 8.57. The predicted molar refractivity (Wildman–Crippen MR) is 132 cm³/mol. The van der Waals surface area contributed by atoms with Gasteiger partial charge in [0.05, 0.1) is 0 Å². The summed E-state index contributed by atoms with van der Waals surface area (Å²) in [4.78, 5) is 0. The van der Waals surface area contributed by atoms with E-state index >= 15 is 0 Å². The molecule has 0 spiro atoms. The Labute approximate surface area is 178 Å². The maximum absolute atomic E-state index is 4.28. The molecule has 0 atom stereocenters. The van der Waals surface area contributed by atoms with E-state index in [-0.39, 0.29) is 0 Å². The van der Waals surface area contributed by atoms with Crippen molar-refractivity contribution in [3.05, 3.63) is 95.1 Å². The first-order valence-electron chi connectivity index (χ1n) is 10.6. The molecule has 152 valence electrons. The molecule has 0 radical (unpaired) electrons. The van der Waals surface area contributed by atoms with Gasteiger partial charge in [-0.05, 0) is 78.5 Å². The monoisotopic (exact) mass is 384 g/mol. The van der Waals surface area contributed by atoms with Gasteiger partial charge in [0.2, 0.25) is 0 Å². The molecule has 29 heavy (non-hydrogen) atoms. The average molecular weight is 385 g/mol. The molecule has 0 bridgehead atoms. The van der Waals surface area contributed by atoms with Crippen LogP contribution in [0, 0.1) is 6.92 Å². The standard InChI is InChI=1S/C29H36/c1-10-22(8)26(15-19(2)3)17-27-18-28(21(6)7)29(16-23(27)9)25-13-11-24(12-14-25)20(4)5/h11-14,16-18,21H,2,4,8,10,15H2,1,3,5-7,9H3/b26-17+. The molecule has 0 fully saturated rings. The molecule has 0 saturated heterocycles. The number of rotatable bonds is 8. The number of aryl methyl sites for hydroxylation is 1. The van der Waals surface area contributed by atoms with Crippen molar-refractivity contribution in [2.75, 3.05) is 0 Å². The highest BCUT2D eigenvalue weighted by atomic mass is 14.2. The van der Waals surface area contributed by atoms with Gasteiger partial charge in [0.1, 0.15) is 0 Å². The summed E-state index contributed by atoms with van der Waals surface area (Å²) in [6.07, 6.45) is 4.16. The van der Waals surface area contributed by atoms with Crippen LogP contribution in [0.5, 0.6) is 0 Å². The molecule has 0 aliphatic carbocycles. The molecule has 2 aromatic rings. The van der Waals surface area contributed by atoms with E-state index < -0.39 is 0 Å². The largest absolute Gasteiger partial charge is 0.0998 e. The highest BCUT2D eigenvalue weighted by Gasteiger charge is 2.13. The summed E-state index contributed by atoms with van der Waals surface area (Å²) < 4.78 is 0. The fourth-order valence-corrected chi connectivity index (χ4v) is 3.58. The third kappa shape index (κ3) is 5.70. The van der Waals surface area contributed by atoms with E-state index in [2.05, 4.69) is 96.8 Å². The third-order valence-corrected chi connectivity index (χ3v) is 5.45. The molecule has 2 rings (SSSR count). The van der Waals surface area contributed by atoms with E-state index in [1.807, 2.05) is 6.92 Å². The molecule has 0 unspecified atom stereocenters. The molecule has 0 aliphatic heterocycles. The van der Waals surface area contributed by atoms with E-state index in [9.17, 15) is 0 Å². The summed E-state index contributed by atoms with van der Waals surface area (Å²) in [5, 5.41) is 0. The Morgan fingerprint density at radius 2 is 1.62 bits per heavy atom. The first kappa shape index (κ1) is 22.7. The minimum Gasteiger partial charge on any atom is -0.0998 e. The lowest BCUT2D eigenvalue weighted by molar-refractivity contribution is 0.867. The van der Waals surface area contributed by atoms with Gasteiger partial charge >= 0.3 is 0 Å². The quantitative estimate of drug-likeness (QED) is 0.314. The van der Waals surface area contributed by atoms with Gasteiger partial charge in [-0.2, -0.15) is 0 Å². The van der Waals surface area contributed by atoms with Crippen molar-refractivity contribution in [2.45, 2.75) is 60.3 Å². The fourth-order valence-electron chi connectivity index (χ4n) is 3.58. The Morgan fingerprint density at radius 3 is 2.10 bits per heavy atom. The minimum atomic E-state index is 0.442. The molecule has 0 N–H and O–H groups in total. The summed E-state index contributed by atoms with van der Waals surface area (Å²) >= 11 is 0. The highest BCUT2D eigenvalue weighted by Crippen LogP contribution is 2.34. The Morgan fingerprint density at radius 1 is 1.00 bits per heavy atom. The molecule has 0 saturated carbocycles. The first-order valence-corrected chi connectivity index (χ1v) is 10.6. The second kappa shape index (κ2) is 9.74. The Bertz CT molecular complexity index is 946. The van der Waals surface area contributed by atoms with Crippen molar-refractivity contribution in [3.63, 3.8) is 0 Å². The van der Waals surface area contributed by atoms with Gasteiger partial charge in [-0.25, -0.2) is 0 Å². The van der Waals surface area contributed by atoms with Gasteiger partial charge in [-0.3, -0.25) is 0 Å². The zero-order valence-corrected chi connectivity index (χ0v) is 19.2. The molecular formula is C29H36. The lowest BCUT2D eigenvalue weighted by Gasteiger charge is -2.18. The lowest BCUT2D eigenvalue weighted by atomic mass is 9.87. The SMILES string of the molecule is C=C(C)C/C(=C\c1cc(C(C)C)c(-c2ccc(C(=C)C)cc2)cc1C)C(=C)CC. The zero-order chi connectivity index (χ0) is 21.7. The van der Waals surface area contributed by atoms with Crippen LogP contribution in [0.3, 0.4) is 0 Å². The van der Waals surface area contributed by atoms with E-state index in [0.29, 0.717) is 5.92 Å². The van der Waals surface area contributed by atoms with E-state index in [1.54, 1.807) is 0 Å². The topological polar surface area (TPSA) is 0 Å². The van der Waals surface area contributed by atoms with Crippen molar-refractivity contribution in [1.29, 1.82) is 0 Å². The zero-order valence-electron chi connectivity index (χ0n) is 19.2. The summed E-state index contributed by atoms with van der Waals surface area (Å²) in [5.74, 6) is 0.442. The number of allylic oxidation sites excluding steroid dienone is 4. The lowest BCUT2D eigenvalue weighted by Crippen LogP contribution is -1.97.